The molecule has 2 saturated heterocycles. The summed E-state index contributed by atoms with van der Waals surface area (Å²) in [5, 5.41) is 9.82. The number of rotatable bonds is 5. The van der Waals surface area contributed by atoms with Crippen LogP contribution < -0.4 is 0 Å². The normalized spacial score (nSPS) is 35.8. The van der Waals surface area contributed by atoms with E-state index in [1.54, 1.807) is 6.08 Å². The number of hydrogen-bond donors (Lipinski definition) is 1. The minimum Gasteiger partial charge on any atom is -0.466 e. The second-order valence-electron chi connectivity index (χ2n) is 6.00. The molecule has 1 N–H and O–H groups in total. The van der Waals surface area contributed by atoms with E-state index in [-0.39, 0.29) is 31.0 Å². The van der Waals surface area contributed by atoms with Crippen molar-refractivity contribution in [3.8, 4) is 0 Å². The molecule has 0 aliphatic carbocycles. The van der Waals surface area contributed by atoms with E-state index in [0.29, 0.717) is 12.8 Å². The third-order valence-electron chi connectivity index (χ3n) is 4.36. The summed E-state index contributed by atoms with van der Waals surface area (Å²) in [6.07, 6.45) is 5.30. The lowest BCUT2D eigenvalue weighted by atomic mass is 9.86. The number of carbonyl (C=O) groups excluding carboxylic acids is 1. The Kier molecular flexibility index (Phi) is 5.57. The molecule has 6 heteroatoms. The van der Waals surface area contributed by atoms with E-state index in [1.807, 2.05) is 6.92 Å². The minimum atomic E-state index is -0.726. The molecule has 5 atom stereocenters. The van der Waals surface area contributed by atoms with E-state index >= 15 is 0 Å². The molecule has 6 nitrogen and oxygen atoms in total. The average Bonchev–Trinajstić information content (AvgIpc) is 2.90. The quantitative estimate of drug-likeness (QED) is 0.473. The summed E-state index contributed by atoms with van der Waals surface area (Å²) in [7, 11) is 1.32. The SMILES string of the molecule is [C-]#[N+][C@H](C)C[C@H]1CC[C@@H]2O[C@@H](C=CC(=O)OC)C[C@]2(CO)O1. The maximum absolute atomic E-state index is 11.2. The Bertz CT molecular complexity index is 472. The zero-order chi connectivity index (χ0) is 16.2. The molecule has 0 aromatic rings. The molecule has 22 heavy (non-hydrogen) atoms. The van der Waals surface area contributed by atoms with Crippen LogP contribution >= 0.6 is 0 Å². The average molecular weight is 309 g/mol. The van der Waals surface area contributed by atoms with Crippen molar-refractivity contribution < 1.29 is 24.1 Å². The number of esters is 1. The lowest BCUT2D eigenvalue weighted by Crippen LogP contribution is -2.51. The second kappa shape index (κ2) is 7.23. The fourth-order valence-corrected chi connectivity index (χ4v) is 3.21. The van der Waals surface area contributed by atoms with Crippen LogP contribution in [0.3, 0.4) is 0 Å². The summed E-state index contributed by atoms with van der Waals surface area (Å²) < 4.78 is 16.6. The number of aliphatic hydroxyl groups excluding tert-OH is 1. The van der Waals surface area contributed by atoms with Crippen LogP contribution in [0.15, 0.2) is 12.2 Å². The highest BCUT2D eigenvalue weighted by Crippen LogP contribution is 2.42. The number of hydrogen-bond acceptors (Lipinski definition) is 5. The summed E-state index contributed by atoms with van der Waals surface area (Å²) in [4.78, 5) is 14.7. The smallest absolute Gasteiger partial charge is 0.330 e. The van der Waals surface area contributed by atoms with Crippen LogP contribution in [0.4, 0.5) is 0 Å². The van der Waals surface area contributed by atoms with Gasteiger partial charge in [0.15, 0.2) is 0 Å². The first-order chi connectivity index (χ1) is 10.5. The summed E-state index contributed by atoms with van der Waals surface area (Å²) in [6, 6.07) is -0.0883. The van der Waals surface area contributed by atoms with Gasteiger partial charge in [-0.25, -0.2) is 11.4 Å². The van der Waals surface area contributed by atoms with Crippen LogP contribution in [0.2, 0.25) is 0 Å². The molecule has 0 unspecified atom stereocenters. The number of nitrogens with zero attached hydrogens (tertiary/aromatic N) is 1. The monoisotopic (exact) mass is 309 g/mol. The van der Waals surface area contributed by atoms with Crippen LogP contribution in [0.1, 0.15) is 32.6 Å². The third kappa shape index (κ3) is 3.67. The van der Waals surface area contributed by atoms with Crippen LogP contribution in [-0.2, 0) is 19.0 Å². The molecule has 122 valence electrons. The zero-order valence-corrected chi connectivity index (χ0v) is 13.0. The standard InChI is InChI=1S/C16H23NO5/c1-11(17-2)8-12-4-6-14-16(10-18,22-12)9-13(21-14)5-7-15(19)20-3/h5,7,11-14,18H,4,6,8-10H2,1,3H3/t11-,12-,13+,14+,16-/m1/s1. The lowest BCUT2D eigenvalue weighted by Gasteiger charge is -2.40. The van der Waals surface area contributed by atoms with Gasteiger partial charge in [-0.3, -0.25) is 0 Å². The van der Waals surface area contributed by atoms with Gasteiger partial charge in [-0.05, 0) is 18.9 Å². The first-order valence-electron chi connectivity index (χ1n) is 7.60. The minimum absolute atomic E-state index is 0.0283. The van der Waals surface area contributed by atoms with Crippen molar-refractivity contribution >= 4 is 5.97 Å². The van der Waals surface area contributed by atoms with E-state index in [2.05, 4.69) is 9.58 Å². The maximum atomic E-state index is 11.2. The molecule has 0 spiro atoms. The Balaban J connectivity index is 2.01. The largest absolute Gasteiger partial charge is 0.466 e. The van der Waals surface area contributed by atoms with Crippen LogP contribution in [0.25, 0.3) is 4.85 Å². The molecule has 2 aliphatic rings. The van der Waals surface area contributed by atoms with Gasteiger partial charge in [0.2, 0.25) is 6.04 Å². The Morgan fingerprint density at radius 2 is 2.36 bits per heavy atom. The highest BCUT2D eigenvalue weighted by molar-refractivity contribution is 5.81. The molecule has 0 aromatic heterocycles. The molecule has 2 fully saturated rings. The van der Waals surface area contributed by atoms with Crippen molar-refractivity contribution in [1.82, 2.24) is 0 Å². The summed E-state index contributed by atoms with van der Waals surface area (Å²) >= 11 is 0. The Hall–Kier alpha value is -1.42. The molecule has 0 bridgehead atoms. The van der Waals surface area contributed by atoms with Gasteiger partial charge in [-0.15, -0.1) is 0 Å². The molecule has 0 saturated carbocycles. The van der Waals surface area contributed by atoms with Crippen molar-refractivity contribution in [3.05, 3.63) is 23.6 Å². The highest BCUT2D eigenvalue weighted by Gasteiger charge is 2.52. The third-order valence-corrected chi connectivity index (χ3v) is 4.36. The number of fused-ring (bicyclic) bond motifs is 1. The molecule has 0 amide bonds. The second-order valence-corrected chi connectivity index (χ2v) is 6.00. The summed E-state index contributed by atoms with van der Waals surface area (Å²) in [6.45, 7) is 8.81. The van der Waals surface area contributed by atoms with E-state index in [0.717, 1.165) is 12.8 Å². The Morgan fingerprint density at radius 3 is 3.00 bits per heavy atom. The zero-order valence-electron chi connectivity index (χ0n) is 13.0. The number of carbonyl (C=O) groups is 1. The van der Waals surface area contributed by atoms with Gasteiger partial charge >= 0.3 is 5.97 Å². The summed E-state index contributed by atoms with van der Waals surface area (Å²) in [5.74, 6) is -0.429. The maximum Gasteiger partial charge on any atom is 0.330 e. The van der Waals surface area contributed by atoms with E-state index in [1.165, 1.54) is 13.2 Å². The van der Waals surface area contributed by atoms with Gasteiger partial charge in [0.1, 0.15) is 5.60 Å². The van der Waals surface area contributed by atoms with Crippen LogP contribution in [-0.4, -0.2) is 54.7 Å². The molecule has 2 heterocycles. The van der Waals surface area contributed by atoms with Crippen molar-refractivity contribution in [3.63, 3.8) is 0 Å². The van der Waals surface area contributed by atoms with Gasteiger partial charge in [0, 0.05) is 25.8 Å². The van der Waals surface area contributed by atoms with Crippen molar-refractivity contribution in [2.24, 2.45) is 0 Å². The predicted octanol–water partition coefficient (Wildman–Crippen LogP) is 1.48. The topological polar surface area (TPSA) is 69.4 Å². The molecule has 2 aliphatic heterocycles. The first kappa shape index (κ1) is 16.9. The van der Waals surface area contributed by atoms with Crippen LogP contribution in [0, 0.1) is 6.57 Å². The van der Waals surface area contributed by atoms with E-state index < -0.39 is 11.6 Å². The van der Waals surface area contributed by atoms with Crippen LogP contribution in [0.5, 0.6) is 0 Å². The van der Waals surface area contributed by atoms with E-state index in [9.17, 15) is 9.90 Å². The molecule has 0 radical (unpaired) electrons. The fraction of sp³-hybridized carbons (Fsp3) is 0.750. The molecular formula is C16H23NO5. The van der Waals surface area contributed by atoms with Crippen molar-refractivity contribution in [1.29, 1.82) is 0 Å². The predicted molar refractivity (Wildman–Crippen MR) is 79.0 cm³/mol. The molecular weight excluding hydrogens is 286 g/mol. The van der Waals surface area contributed by atoms with Gasteiger partial charge < -0.3 is 24.2 Å². The number of methoxy groups -OCH3 is 1. The van der Waals surface area contributed by atoms with Gasteiger partial charge in [-0.2, -0.15) is 0 Å². The number of aliphatic hydroxyl groups is 1. The molecule has 0 aromatic carbocycles. The Morgan fingerprint density at radius 1 is 1.59 bits per heavy atom. The summed E-state index contributed by atoms with van der Waals surface area (Å²) in [5.41, 5.74) is -0.726. The van der Waals surface area contributed by atoms with Gasteiger partial charge in [0.05, 0.1) is 32.0 Å². The van der Waals surface area contributed by atoms with Crippen molar-refractivity contribution in [2.45, 2.75) is 62.6 Å². The van der Waals surface area contributed by atoms with Gasteiger partial charge in [0.25, 0.3) is 0 Å². The fourth-order valence-electron chi connectivity index (χ4n) is 3.21. The first-order valence-corrected chi connectivity index (χ1v) is 7.60. The Labute approximate surface area is 130 Å². The molecule has 2 rings (SSSR count). The van der Waals surface area contributed by atoms with Gasteiger partial charge in [-0.1, -0.05) is 0 Å². The van der Waals surface area contributed by atoms with E-state index in [4.69, 9.17) is 16.0 Å². The highest BCUT2D eigenvalue weighted by atomic mass is 16.6. The lowest BCUT2D eigenvalue weighted by molar-refractivity contribution is -0.183. The number of ether oxygens (including phenoxy) is 3. The van der Waals surface area contributed by atoms with Crippen molar-refractivity contribution in [2.75, 3.05) is 13.7 Å².